The molecule has 0 saturated carbocycles. The van der Waals surface area contributed by atoms with E-state index in [4.69, 9.17) is 22.6 Å². The molecule has 0 saturated heterocycles. The molecule has 118 valence electrons. The average Bonchev–Trinajstić information content (AvgIpc) is 2.48. The Bertz CT molecular complexity index is 599. The molecule has 1 aromatic rings. The lowest BCUT2D eigenvalue weighted by Gasteiger charge is -2.29. The van der Waals surface area contributed by atoms with E-state index >= 15 is 0 Å². The summed E-state index contributed by atoms with van der Waals surface area (Å²) < 4.78 is 0. The summed E-state index contributed by atoms with van der Waals surface area (Å²) in [4.78, 5) is 34.7. The first kappa shape index (κ1) is 17.5. The predicted molar refractivity (Wildman–Crippen MR) is 79.5 cm³/mol. The Morgan fingerprint density at radius 1 is 1.32 bits per heavy atom. The van der Waals surface area contributed by atoms with Crippen molar-refractivity contribution < 1.29 is 19.5 Å². The van der Waals surface area contributed by atoms with Crippen LogP contribution in [0.3, 0.4) is 0 Å². The van der Waals surface area contributed by atoms with Crippen molar-refractivity contribution in [2.45, 2.75) is 17.9 Å². The minimum absolute atomic E-state index is 0.124. The van der Waals surface area contributed by atoms with Crippen LogP contribution < -0.4 is 17.2 Å². The highest BCUT2D eigenvalue weighted by Crippen LogP contribution is 2.27. The molecule has 8 nitrogen and oxygen atoms in total. The topological polar surface area (TPSA) is 173 Å². The highest BCUT2D eigenvalue weighted by molar-refractivity contribution is 6.12. The van der Waals surface area contributed by atoms with Crippen LogP contribution >= 0.6 is 0 Å². The molecule has 0 aliphatic rings. The summed E-state index contributed by atoms with van der Waals surface area (Å²) in [6.07, 6.45) is 0.157. The second-order valence-electron chi connectivity index (χ2n) is 4.78. The van der Waals surface area contributed by atoms with Gasteiger partial charge in [-0.05, 0) is 5.56 Å². The van der Waals surface area contributed by atoms with Gasteiger partial charge >= 0.3 is 5.97 Å². The zero-order valence-corrected chi connectivity index (χ0v) is 11.8. The van der Waals surface area contributed by atoms with Crippen LogP contribution in [0.25, 0.3) is 0 Å². The molecule has 2 unspecified atom stereocenters. The van der Waals surface area contributed by atoms with E-state index < -0.39 is 29.8 Å². The van der Waals surface area contributed by atoms with Crippen LogP contribution in [0.1, 0.15) is 17.5 Å². The Morgan fingerprint density at radius 3 is 2.23 bits per heavy atom. The Hall–Kier alpha value is -2.58. The number of nitrogens with two attached hydrogens (primary N) is 3. The number of hydrogen-bond acceptors (Lipinski definition) is 6. The van der Waals surface area contributed by atoms with Crippen molar-refractivity contribution in [1.29, 1.82) is 5.41 Å². The molecular weight excluding hydrogens is 288 g/mol. The summed E-state index contributed by atoms with van der Waals surface area (Å²) in [5.41, 5.74) is 14.9. The largest absolute Gasteiger partial charge is 0.480 e. The Labute approximate surface area is 126 Å². The van der Waals surface area contributed by atoms with Gasteiger partial charge in [-0.15, -0.1) is 0 Å². The molecule has 0 radical (unpaired) electrons. The molecule has 8 heteroatoms. The van der Waals surface area contributed by atoms with E-state index in [1.54, 1.807) is 0 Å². The van der Waals surface area contributed by atoms with E-state index in [1.807, 2.05) is 0 Å². The Morgan fingerprint density at radius 2 is 1.86 bits per heavy atom. The first-order valence-electron chi connectivity index (χ1n) is 6.43. The summed E-state index contributed by atoms with van der Waals surface area (Å²) in [6.45, 7) is -0.507. The zero-order chi connectivity index (χ0) is 16.9. The molecule has 0 fully saturated rings. The molecule has 22 heavy (non-hydrogen) atoms. The van der Waals surface area contributed by atoms with Gasteiger partial charge < -0.3 is 27.1 Å². The highest BCUT2D eigenvalue weighted by atomic mass is 16.4. The van der Waals surface area contributed by atoms with Crippen LogP contribution in [0, 0.1) is 5.41 Å². The minimum Gasteiger partial charge on any atom is -0.480 e. The van der Waals surface area contributed by atoms with Crippen LogP contribution in [0.15, 0.2) is 24.3 Å². The van der Waals surface area contributed by atoms with E-state index in [-0.39, 0.29) is 17.8 Å². The number of hydrogen-bond donors (Lipinski definition) is 5. The molecule has 0 aliphatic carbocycles. The highest BCUT2D eigenvalue weighted by Gasteiger charge is 2.48. The van der Waals surface area contributed by atoms with Crippen molar-refractivity contribution in [1.82, 2.24) is 0 Å². The van der Waals surface area contributed by atoms with E-state index in [2.05, 4.69) is 0 Å². The van der Waals surface area contributed by atoms with Gasteiger partial charge in [0.25, 0.3) is 0 Å². The quantitative estimate of drug-likeness (QED) is 0.172. The van der Waals surface area contributed by atoms with E-state index in [1.165, 1.54) is 24.3 Å². The first-order valence-corrected chi connectivity index (χ1v) is 6.43. The number of carbonyl (C=O) groups is 3. The van der Waals surface area contributed by atoms with Crippen LogP contribution in [0.2, 0.25) is 0 Å². The number of carbonyl (C=O) groups excluding carboxylic acids is 2. The first-order chi connectivity index (χ1) is 10.3. The molecule has 0 spiro atoms. The van der Waals surface area contributed by atoms with Crippen molar-refractivity contribution in [3.05, 3.63) is 35.4 Å². The Balaban J connectivity index is 3.39. The van der Waals surface area contributed by atoms with Gasteiger partial charge in [0.05, 0.1) is 6.04 Å². The lowest BCUT2D eigenvalue weighted by atomic mass is 9.73. The SMILES string of the molecule is N=C(N)c1ccc(C(CN)(C(=O)O)C(=O)C(N)CC=O)cc1. The predicted octanol–water partition coefficient (Wildman–Crippen LogP) is -1.26. The molecule has 0 bridgehead atoms. The molecule has 2 atom stereocenters. The number of rotatable bonds is 8. The maximum absolute atomic E-state index is 12.4. The summed E-state index contributed by atoms with van der Waals surface area (Å²) in [6, 6.07) is 4.31. The number of carboxylic acids is 1. The number of amidine groups is 1. The van der Waals surface area contributed by atoms with Gasteiger partial charge in [-0.1, -0.05) is 24.3 Å². The molecule has 0 aromatic heterocycles. The van der Waals surface area contributed by atoms with E-state index in [0.29, 0.717) is 11.8 Å². The zero-order valence-electron chi connectivity index (χ0n) is 11.8. The van der Waals surface area contributed by atoms with Gasteiger partial charge in [-0.25, -0.2) is 0 Å². The fourth-order valence-corrected chi connectivity index (χ4v) is 2.14. The molecule has 0 heterocycles. The monoisotopic (exact) mass is 306 g/mol. The number of benzene rings is 1. The third-order valence-corrected chi connectivity index (χ3v) is 3.47. The van der Waals surface area contributed by atoms with Crippen molar-refractivity contribution in [3.8, 4) is 0 Å². The third kappa shape index (κ3) is 3.02. The molecule has 1 rings (SSSR count). The van der Waals surface area contributed by atoms with Crippen molar-refractivity contribution in [2.24, 2.45) is 17.2 Å². The minimum atomic E-state index is -2.04. The summed E-state index contributed by atoms with van der Waals surface area (Å²) >= 11 is 0. The fraction of sp³-hybridized carbons (Fsp3) is 0.286. The second-order valence-corrected chi connectivity index (χ2v) is 4.78. The van der Waals surface area contributed by atoms with Crippen molar-refractivity contribution >= 4 is 23.9 Å². The van der Waals surface area contributed by atoms with Gasteiger partial charge in [0.1, 0.15) is 12.1 Å². The number of carboxylic acid groups (broad SMARTS) is 1. The number of nitrogen functional groups attached to an aromatic ring is 1. The summed E-state index contributed by atoms with van der Waals surface area (Å²) in [7, 11) is 0. The van der Waals surface area contributed by atoms with Crippen LogP contribution in [-0.4, -0.2) is 41.6 Å². The number of aliphatic carboxylic acids is 1. The van der Waals surface area contributed by atoms with E-state index in [0.717, 1.165) is 0 Å². The summed E-state index contributed by atoms with van der Waals surface area (Å²) in [5, 5.41) is 16.8. The van der Waals surface area contributed by atoms with Crippen LogP contribution in [0.5, 0.6) is 0 Å². The fourth-order valence-electron chi connectivity index (χ4n) is 2.14. The van der Waals surface area contributed by atoms with Gasteiger partial charge in [-0.2, -0.15) is 0 Å². The number of ketones is 1. The van der Waals surface area contributed by atoms with Crippen molar-refractivity contribution in [2.75, 3.05) is 6.54 Å². The van der Waals surface area contributed by atoms with Crippen LogP contribution in [0.4, 0.5) is 0 Å². The standard InChI is InChI=1S/C14H18N4O4/c15-7-14(13(21)22,11(20)10(16)5-6-19)9-3-1-8(2-4-9)12(17)18/h1-4,6,10H,5,7,15-16H2,(H3,17,18)(H,21,22). The summed E-state index contributed by atoms with van der Waals surface area (Å²) in [5.74, 6) is -2.48. The van der Waals surface area contributed by atoms with E-state index in [9.17, 15) is 19.5 Å². The normalized spacial score (nSPS) is 14.6. The van der Waals surface area contributed by atoms with Crippen LogP contribution in [-0.2, 0) is 19.8 Å². The molecular formula is C14H18N4O4. The lowest BCUT2D eigenvalue weighted by Crippen LogP contribution is -2.55. The Kier molecular flexibility index (Phi) is 5.50. The number of Topliss-reactive ketones (excluding diaryl/α,β-unsaturated/α-hetero) is 1. The van der Waals surface area contributed by atoms with Gasteiger partial charge in [-0.3, -0.25) is 15.0 Å². The molecule has 8 N–H and O–H groups in total. The second kappa shape index (κ2) is 6.92. The van der Waals surface area contributed by atoms with Gasteiger partial charge in [0.15, 0.2) is 11.2 Å². The van der Waals surface area contributed by atoms with Gasteiger partial charge in [0.2, 0.25) is 0 Å². The lowest BCUT2D eigenvalue weighted by molar-refractivity contribution is -0.149. The number of aldehydes is 1. The van der Waals surface area contributed by atoms with Crippen molar-refractivity contribution in [3.63, 3.8) is 0 Å². The number of nitrogens with one attached hydrogen (secondary N) is 1. The third-order valence-electron chi connectivity index (χ3n) is 3.47. The molecule has 0 amide bonds. The molecule has 0 aliphatic heterocycles. The average molecular weight is 306 g/mol. The van der Waals surface area contributed by atoms with Gasteiger partial charge in [0, 0.05) is 18.5 Å². The maximum atomic E-state index is 12.4. The molecule has 1 aromatic carbocycles. The smallest absolute Gasteiger partial charge is 0.323 e. The maximum Gasteiger partial charge on any atom is 0.323 e.